The molecule has 134 valence electrons. The number of para-hydroxylation sites is 1. The number of urea groups is 1. The molecule has 2 N–H and O–H groups in total. The Balaban J connectivity index is 1.51. The second kappa shape index (κ2) is 7.13. The number of amides is 4. The summed E-state index contributed by atoms with van der Waals surface area (Å²) in [7, 11) is 0. The molecule has 2 aliphatic heterocycles. The largest absolute Gasteiger partial charge is 0.490 e. The molecule has 2 fully saturated rings. The van der Waals surface area contributed by atoms with E-state index in [4.69, 9.17) is 4.74 Å². The summed E-state index contributed by atoms with van der Waals surface area (Å²) < 4.78 is 6.15. The lowest BCUT2D eigenvalue weighted by atomic mass is 10.1. The molecule has 1 aromatic carbocycles. The average molecular weight is 345 g/mol. The summed E-state index contributed by atoms with van der Waals surface area (Å²) in [5.41, 5.74) is 2.22. The van der Waals surface area contributed by atoms with Crippen LogP contribution in [0, 0.1) is 13.8 Å². The third kappa shape index (κ3) is 3.92. The predicted octanol–water partition coefficient (Wildman–Crippen LogP) is 1.27. The number of benzene rings is 1. The monoisotopic (exact) mass is 345 g/mol. The van der Waals surface area contributed by atoms with Crippen molar-refractivity contribution in [3.8, 4) is 5.75 Å². The van der Waals surface area contributed by atoms with Gasteiger partial charge in [-0.15, -0.1) is 0 Å². The molecule has 7 heteroatoms. The van der Waals surface area contributed by atoms with Crippen LogP contribution in [0.25, 0.3) is 0 Å². The molecule has 2 heterocycles. The van der Waals surface area contributed by atoms with Gasteiger partial charge in [0.1, 0.15) is 17.9 Å². The zero-order chi connectivity index (χ0) is 18.0. The van der Waals surface area contributed by atoms with Crippen molar-refractivity contribution in [3.63, 3.8) is 0 Å². The molecule has 0 aliphatic carbocycles. The fourth-order valence-corrected chi connectivity index (χ4v) is 3.28. The second-order valence-corrected chi connectivity index (χ2v) is 6.64. The Bertz CT molecular complexity index is 675. The Morgan fingerprint density at radius 1 is 1.20 bits per heavy atom. The first-order valence-corrected chi connectivity index (χ1v) is 8.56. The van der Waals surface area contributed by atoms with Gasteiger partial charge in [0.2, 0.25) is 5.91 Å². The van der Waals surface area contributed by atoms with E-state index in [1.54, 1.807) is 4.90 Å². The maximum atomic E-state index is 12.3. The van der Waals surface area contributed by atoms with Gasteiger partial charge in [-0.1, -0.05) is 18.2 Å². The Labute approximate surface area is 146 Å². The first-order chi connectivity index (χ1) is 11.9. The molecule has 0 radical (unpaired) electrons. The first kappa shape index (κ1) is 17.3. The van der Waals surface area contributed by atoms with Crippen LogP contribution in [-0.4, -0.2) is 48.0 Å². The summed E-state index contributed by atoms with van der Waals surface area (Å²) >= 11 is 0. The minimum absolute atomic E-state index is 0.00000128. The van der Waals surface area contributed by atoms with Gasteiger partial charge in [-0.3, -0.25) is 14.9 Å². The third-order valence-corrected chi connectivity index (χ3v) is 4.73. The van der Waals surface area contributed by atoms with Gasteiger partial charge in [-0.05, 0) is 25.0 Å². The molecule has 1 atom stereocenters. The maximum Gasteiger partial charge on any atom is 0.322 e. The smallest absolute Gasteiger partial charge is 0.322 e. The average Bonchev–Trinajstić information content (AvgIpc) is 2.89. The van der Waals surface area contributed by atoms with E-state index in [2.05, 4.69) is 10.6 Å². The minimum atomic E-state index is -0.761. The number of piperidine rings is 1. The second-order valence-electron chi connectivity index (χ2n) is 6.64. The van der Waals surface area contributed by atoms with E-state index in [-0.39, 0.29) is 18.4 Å². The van der Waals surface area contributed by atoms with Crippen molar-refractivity contribution in [1.29, 1.82) is 0 Å². The third-order valence-electron chi connectivity index (χ3n) is 4.73. The van der Waals surface area contributed by atoms with Gasteiger partial charge < -0.3 is 15.0 Å². The Hall–Kier alpha value is -2.57. The Morgan fingerprint density at radius 2 is 1.84 bits per heavy atom. The molecule has 3 rings (SSSR count). The summed E-state index contributed by atoms with van der Waals surface area (Å²) in [6.45, 7) is 5.25. The van der Waals surface area contributed by atoms with Crippen LogP contribution in [0.4, 0.5) is 4.79 Å². The first-order valence-electron chi connectivity index (χ1n) is 8.56. The summed E-state index contributed by atoms with van der Waals surface area (Å²) in [4.78, 5) is 36.7. The van der Waals surface area contributed by atoms with Gasteiger partial charge in [-0.25, -0.2) is 4.79 Å². The highest BCUT2D eigenvalue weighted by Crippen LogP contribution is 2.26. The molecule has 7 nitrogen and oxygen atoms in total. The van der Waals surface area contributed by atoms with Crippen LogP contribution in [-0.2, 0) is 9.59 Å². The standard InChI is InChI=1S/C18H23N3O4/c1-11-4-3-5-12(2)16(11)25-13-6-8-21(9-7-13)15(22)10-14-17(23)20-18(24)19-14/h3-5,13-14H,6-10H2,1-2H3,(H2,19,20,23,24). The lowest BCUT2D eigenvalue weighted by Crippen LogP contribution is -2.44. The van der Waals surface area contributed by atoms with E-state index in [0.29, 0.717) is 13.1 Å². The molecule has 0 bridgehead atoms. The molecular formula is C18H23N3O4. The number of likely N-dealkylation sites (tertiary alicyclic amines) is 1. The van der Waals surface area contributed by atoms with E-state index in [9.17, 15) is 14.4 Å². The lowest BCUT2D eigenvalue weighted by Gasteiger charge is -2.33. The normalized spacial score (nSPS) is 21.0. The van der Waals surface area contributed by atoms with Crippen molar-refractivity contribution >= 4 is 17.8 Å². The molecule has 1 aromatic rings. The molecule has 0 saturated carbocycles. The predicted molar refractivity (Wildman–Crippen MR) is 91.2 cm³/mol. The van der Waals surface area contributed by atoms with Gasteiger partial charge in [0.25, 0.3) is 5.91 Å². The van der Waals surface area contributed by atoms with Crippen LogP contribution in [0.3, 0.4) is 0 Å². The summed E-state index contributed by atoms with van der Waals surface area (Å²) in [5, 5.41) is 4.60. The van der Waals surface area contributed by atoms with E-state index < -0.39 is 18.0 Å². The molecule has 1 unspecified atom stereocenters. The zero-order valence-corrected chi connectivity index (χ0v) is 14.5. The fraction of sp³-hybridized carbons (Fsp3) is 0.500. The van der Waals surface area contributed by atoms with Gasteiger partial charge >= 0.3 is 6.03 Å². The van der Waals surface area contributed by atoms with Crippen molar-refractivity contribution in [2.75, 3.05) is 13.1 Å². The topological polar surface area (TPSA) is 87.7 Å². The molecule has 0 spiro atoms. The van der Waals surface area contributed by atoms with Crippen molar-refractivity contribution < 1.29 is 19.1 Å². The molecule has 4 amide bonds. The van der Waals surface area contributed by atoms with Gasteiger partial charge in [0.15, 0.2) is 0 Å². The molecule has 2 aliphatic rings. The van der Waals surface area contributed by atoms with Crippen molar-refractivity contribution in [1.82, 2.24) is 15.5 Å². The fourth-order valence-electron chi connectivity index (χ4n) is 3.28. The van der Waals surface area contributed by atoms with Crippen LogP contribution in [0.2, 0.25) is 0 Å². The number of carbonyl (C=O) groups excluding carboxylic acids is 3. The van der Waals surface area contributed by atoms with Crippen molar-refractivity contribution in [2.45, 2.75) is 45.3 Å². The number of ether oxygens (including phenoxy) is 1. The van der Waals surface area contributed by atoms with Gasteiger partial charge in [0.05, 0.1) is 6.42 Å². The van der Waals surface area contributed by atoms with Gasteiger partial charge in [-0.2, -0.15) is 0 Å². The van der Waals surface area contributed by atoms with Crippen LogP contribution >= 0.6 is 0 Å². The van der Waals surface area contributed by atoms with Crippen LogP contribution < -0.4 is 15.4 Å². The van der Waals surface area contributed by atoms with E-state index in [1.807, 2.05) is 32.0 Å². The number of imide groups is 1. The number of nitrogens with one attached hydrogen (secondary N) is 2. The molecule has 0 aromatic heterocycles. The Morgan fingerprint density at radius 3 is 2.40 bits per heavy atom. The highest BCUT2D eigenvalue weighted by Gasteiger charge is 2.33. The zero-order valence-electron chi connectivity index (χ0n) is 14.5. The number of carbonyl (C=O) groups is 3. The number of rotatable bonds is 4. The molecule has 25 heavy (non-hydrogen) atoms. The summed E-state index contributed by atoms with van der Waals surface area (Å²) in [6.07, 6.45) is 1.59. The number of hydrogen-bond donors (Lipinski definition) is 2. The number of aryl methyl sites for hydroxylation is 2. The molecule has 2 saturated heterocycles. The SMILES string of the molecule is Cc1cccc(C)c1OC1CCN(C(=O)CC2NC(=O)NC2=O)CC1. The van der Waals surface area contributed by atoms with Crippen LogP contribution in [0.15, 0.2) is 18.2 Å². The highest BCUT2D eigenvalue weighted by molar-refractivity contribution is 6.05. The highest BCUT2D eigenvalue weighted by atomic mass is 16.5. The van der Waals surface area contributed by atoms with E-state index >= 15 is 0 Å². The molecular weight excluding hydrogens is 322 g/mol. The van der Waals surface area contributed by atoms with Crippen LogP contribution in [0.5, 0.6) is 5.75 Å². The number of hydrogen-bond acceptors (Lipinski definition) is 4. The number of nitrogens with zero attached hydrogens (tertiary/aromatic N) is 1. The summed E-state index contributed by atoms with van der Waals surface area (Å²) in [6, 6.07) is 4.77. The lowest BCUT2D eigenvalue weighted by molar-refractivity contribution is -0.135. The minimum Gasteiger partial charge on any atom is -0.490 e. The van der Waals surface area contributed by atoms with Crippen LogP contribution in [0.1, 0.15) is 30.4 Å². The summed E-state index contributed by atoms with van der Waals surface area (Å²) in [5.74, 6) is 0.372. The van der Waals surface area contributed by atoms with Crippen molar-refractivity contribution in [3.05, 3.63) is 29.3 Å². The van der Waals surface area contributed by atoms with E-state index in [1.165, 1.54) is 0 Å². The van der Waals surface area contributed by atoms with Gasteiger partial charge in [0, 0.05) is 25.9 Å². The Kier molecular flexibility index (Phi) is 4.92. The maximum absolute atomic E-state index is 12.3. The van der Waals surface area contributed by atoms with Crippen molar-refractivity contribution in [2.24, 2.45) is 0 Å². The van der Waals surface area contributed by atoms with E-state index in [0.717, 1.165) is 29.7 Å². The quantitative estimate of drug-likeness (QED) is 0.805.